The molecule has 148 valence electrons. The van der Waals surface area contributed by atoms with E-state index in [0.717, 1.165) is 5.56 Å². The van der Waals surface area contributed by atoms with Crippen molar-refractivity contribution < 1.29 is 24.7 Å². The van der Waals surface area contributed by atoms with Crippen molar-refractivity contribution in [1.29, 1.82) is 0 Å². The summed E-state index contributed by atoms with van der Waals surface area (Å²) in [6.07, 6.45) is 2.48. The Morgan fingerprint density at radius 3 is 2.50 bits per heavy atom. The molecular formula is C18H20N4O6. The zero-order valence-corrected chi connectivity index (χ0v) is 15.0. The van der Waals surface area contributed by atoms with Gasteiger partial charge < -0.3 is 19.8 Å². The Labute approximate surface area is 160 Å². The Hall–Kier alpha value is -3.27. The van der Waals surface area contributed by atoms with E-state index in [9.17, 15) is 14.9 Å². The number of carbonyl (C=O) groups is 1. The molecule has 0 spiro atoms. The van der Waals surface area contributed by atoms with E-state index < -0.39 is 16.8 Å². The molecule has 10 heteroatoms. The number of aliphatic carboxylic acids is 1. The van der Waals surface area contributed by atoms with Crippen LogP contribution in [0.3, 0.4) is 0 Å². The molecule has 0 radical (unpaired) electrons. The first-order valence-electron chi connectivity index (χ1n) is 8.84. The van der Waals surface area contributed by atoms with Crippen LogP contribution in [0.25, 0.3) is 0 Å². The average Bonchev–Trinajstić information content (AvgIpc) is 2.69. The van der Waals surface area contributed by atoms with Gasteiger partial charge in [0, 0.05) is 19.7 Å². The molecule has 1 aliphatic rings. The Bertz CT molecular complexity index is 850. The summed E-state index contributed by atoms with van der Waals surface area (Å²) in [6.45, 7) is 0.730. The van der Waals surface area contributed by atoms with Crippen LogP contribution < -0.4 is 9.64 Å². The lowest BCUT2D eigenvalue weighted by molar-refractivity contribution is -0.385. The van der Waals surface area contributed by atoms with Gasteiger partial charge in [0.2, 0.25) is 5.82 Å². The number of hydrogen-bond donors (Lipinski definition) is 2. The number of piperidine rings is 1. The Morgan fingerprint density at radius 2 is 1.93 bits per heavy atom. The maximum Gasteiger partial charge on any atom is 0.373 e. The summed E-state index contributed by atoms with van der Waals surface area (Å²) in [6, 6.07) is 6.82. The van der Waals surface area contributed by atoms with Crippen LogP contribution in [0.5, 0.6) is 11.6 Å². The second-order valence-electron chi connectivity index (χ2n) is 6.43. The van der Waals surface area contributed by atoms with Crippen molar-refractivity contribution in [2.75, 3.05) is 24.6 Å². The number of rotatable bonds is 7. The fraction of sp³-hybridized carbons (Fsp3) is 0.389. The van der Waals surface area contributed by atoms with E-state index in [0.29, 0.717) is 38.1 Å². The molecule has 1 saturated heterocycles. The van der Waals surface area contributed by atoms with E-state index in [4.69, 9.17) is 14.9 Å². The van der Waals surface area contributed by atoms with Crippen molar-refractivity contribution in [3.63, 3.8) is 0 Å². The first-order chi connectivity index (χ1) is 13.5. The predicted octanol–water partition coefficient (Wildman–Crippen LogP) is 2.01. The number of carboxylic acid groups (broad SMARTS) is 1. The summed E-state index contributed by atoms with van der Waals surface area (Å²) < 4.78 is 5.62. The molecule has 2 heterocycles. The number of benzene rings is 1. The number of aliphatic hydroxyl groups excluding tert-OH is 1. The summed E-state index contributed by atoms with van der Waals surface area (Å²) in [7, 11) is 0. The second kappa shape index (κ2) is 8.61. The smallest absolute Gasteiger partial charge is 0.373 e. The highest BCUT2D eigenvalue weighted by molar-refractivity contribution is 5.71. The maximum atomic E-state index is 11.7. The number of carboxylic acids is 1. The topological polar surface area (TPSA) is 139 Å². The van der Waals surface area contributed by atoms with Gasteiger partial charge in [-0.3, -0.25) is 14.9 Å². The Kier molecular flexibility index (Phi) is 5.99. The van der Waals surface area contributed by atoms with Crippen molar-refractivity contribution in [2.24, 2.45) is 5.92 Å². The van der Waals surface area contributed by atoms with E-state index >= 15 is 0 Å². The lowest BCUT2D eigenvalue weighted by Crippen LogP contribution is -2.37. The Morgan fingerprint density at radius 1 is 1.25 bits per heavy atom. The lowest BCUT2D eigenvalue weighted by Gasteiger charge is -2.30. The molecule has 0 aliphatic carbocycles. The van der Waals surface area contributed by atoms with E-state index in [-0.39, 0.29) is 24.0 Å². The zero-order valence-electron chi connectivity index (χ0n) is 15.0. The second-order valence-corrected chi connectivity index (χ2v) is 6.43. The van der Waals surface area contributed by atoms with Crippen LogP contribution in [0, 0.1) is 16.0 Å². The van der Waals surface area contributed by atoms with Crippen LogP contribution >= 0.6 is 0 Å². The molecule has 0 amide bonds. The molecule has 0 unspecified atom stereocenters. The molecule has 3 rings (SSSR count). The number of anilines is 1. The standard InChI is InChI=1S/C18H20N4O6/c23-10-7-12-1-3-14(4-2-12)28-17-15(22(26)27)16(19-11-20-17)21-8-5-13(6-9-21)18(24)25/h1-4,11,13,23H,5-10H2,(H,24,25). The fourth-order valence-electron chi connectivity index (χ4n) is 3.12. The minimum absolute atomic E-state index is 0.0273. The quantitative estimate of drug-likeness (QED) is 0.538. The fourth-order valence-corrected chi connectivity index (χ4v) is 3.12. The number of nitrogens with zero attached hydrogens (tertiary/aromatic N) is 4. The molecule has 0 bridgehead atoms. The minimum Gasteiger partial charge on any atom is -0.481 e. The van der Waals surface area contributed by atoms with Crippen LogP contribution in [0.15, 0.2) is 30.6 Å². The van der Waals surface area contributed by atoms with E-state index in [1.54, 1.807) is 29.2 Å². The van der Waals surface area contributed by atoms with Gasteiger partial charge in [0.15, 0.2) is 0 Å². The van der Waals surface area contributed by atoms with Gasteiger partial charge in [-0.25, -0.2) is 4.98 Å². The summed E-state index contributed by atoms with van der Waals surface area (Å²) in [5, 5.41) is 29.8. The molecule has 0 saturated carbocycles. The highest BCUT2D eigenvalue weighted by atomic mass is 16.6. The van der Waals surface area contributed by atoms with Gasteiger partial charge in [-0.1, -0.05) is 12.1 Å². The molecule has 1 aromatic carbocycles. The maximum absolute atomic E-state index is 11.7. The third kappa shape index (κ3) is 4.34. The molecule has 1 fully saturated rings. The molecule has 10 nitrogen and oxygen atoms in total. The van der Waals surface area contributed by atoms with Gasteiger partial charge in [-0.2, -0.15) is 4.98 Å². The van der Waals surface area contributed by atoms with Gasteiger partial charge >= 0.3 is 17.5 Å². The molecule has 0 atom stereocenters. The van der Waals surface area contributed by atoms with Crippen LogP contribution in [-0.2, 0) is 11.2 Å². The molecule has 1 aliphatic heterocycles. The summed E-state index contributed by atoms with van der Waals surface area (Å²) >= 11 is 0. The monoisotopic (exact) mass is 388 g/mol. The van der Waals surface area contributed by atoms with Crippen molar-refractivity contribution in [3.8, 4) is 11.6 Å². The van der Waals surface area contributed by atoms with Crippen molar-refractivity contribution in [1.82, 2.24) is 9.97 Å². The van der Waals surface area contributed by atoms with E-state index in [1.807, 2.05) is 0 Å². The van der Waals surface area contributed by atoms with Crippen molar-refractivity contribution >= 4 is 17.5 Å². The van der Waals surface area contributed by atoms with Crippen LogP contribution in [0.4, 0.5) is 11.5 Å². The van der Waals surface area contributed by atoms with Crippen molar-refractivity contribution in [3.05, 3.63) is 46.3 Å². The van der Waals surface area contributed by atoms with E-state index in [2.05, 4.69) is 9.97 Å². The highest BCUT2D eigenvalue weighted by Crippen LogP contribution is 2.37. The summed E-state index contributed by atoms with van der Waals surface area (Å²) in [4.78, 5) is 31.9. The zero-order chi connectivity index (χ0) is 20.1. The molecule has 28 heavy (non-hydrogen) atoms. The minimum atomic E-state index is -0.856. The Balaban J connectivity index is 1.83. The van der Waals surface area contributed by atoms with Gasteiger partial charge in [0.25, 0.3) is 0 Å². The van der Waals surface area contributed by atoms with Crippen molar-refractivity contribution in [2.45, 2.75) is 19.3 Å². The molecule has 1 aromatic heterocycles. The van der Waals surface area contributed by atoms with Gasteiger partial charge in [0.05, 0.1) is 10.8 Å². The van der Waals surface area contributed by atoms with E-state index in [1.165, 1.54) is 6.33 Å². The predicted molar refractivity (Wildman–Crippen MR) is 98.6 cm³/mol. The number of aliphatic hydroxyl groups is 1. The SMILES string of the molecule is O=C(O)C1CCN(c2ncnc(Oc3ccc(CCO)cc3)c2[N+](=O)[O-])CC1. The van der Waals surface area contributed by atoms with Crippen LogP contribution in [0.2, 0.25) is 0 Å². The number of ether oxygens (including phenoxy) is 1. The first-order valence-corrected chi connectivity index (χ1v) is 8.84. The lowest BCUT2D eigenvalue weighted by atomic mass is 9.97. The average molecular weight is 388 g/mol. The number of aromatic nitrogens is 2. The third-order valence-electron chi connectivity index (χ3n) is 4.63. The summed E-state index contributed by atoms with van der Waals surface area (Å²) in [5.74, 6) is -0.990. The molecular weight excluding hydrogens is 368 g/mol. The molecule has 2 N–H and O–H groups in total. The van der Waals surface area contributed by atoms with Crippen LogP contribution in [0.1, 0.15) is 18.4 Å². The van der Waals surface area contributed by atoms with Crippen LogP contribution in [-0.4, -0.2) is 50.8 Å². The largest absolute Gasteiger partial charge is 0.481 e. The molecule has 2 aromatic rings. The number of nitro groups is 1. The number of hydrogen-bond acceptors (Lipinski definition) is 8. The van der Waals surface area contributed by atoms with Gasteiger partial charge in [0.1, 0.15) is 12.1 Å². The van der Waals surface area contributed by atoms with Gasteiger partial charge in [-0.15, -0.1) is 0 Å². The normalized spacial score (nSPS) is 14.7. The highest BCUT2D eigenvalue weighted by Gasteiger charge is 2.32. The third-order valence-corrected chi connectivity index (χ3v) is 4.63. The summed E-state index contributed by atoms with van der Waals surface area (Å²) in [5.41, 5.74) is 0.560. The first kappa shape index (κ1) is 19.5. The van der Waals surface area contributed by atoms with Gasteiger partial charge in [-0.05, 0) is 37.0 Å².